The number of carbonyl (C=O) groups is 1. The van der Waals surface area contributed by atoms with Crippen molar-refractivity contribution < 1.29 is 9.53 Å². The van der Waals surface area contributed by atoms with E-state index in [9.17, 15) is 4.79 Å². The van der Waals surface area contributed by atoms with E-state index in [1.807, 2.05) is 18.2 Å². The molecule has 3 rings (SSSR count). The molecule has 1 amide bonds. The van der Waals surface area contributed by atoms with Gasteiger partial charge in [0, 0.05) is 6.20 Å². The predicted molar refractivity (Wildman–Crippen MR) is 72.5 cm³/mol. The molecule has 3 N–H and O–H groups in total. The number of ether oxygens (including phenoxy) is 1. The third-order valence-corrected chi connectivity index (χ3v) is 4.28. The number of nitrogens with zero attached hydrogens (tertiary/aromatic N) is 2. The summed E-state index contributed by atoms with van der Waals surface area (Å²) in [7, 11) is 0. The largest absolute Gasteiger partial charge is 0.411 e. The van der Waals surface area contributed by atoms with Gasteiger partial charge < -0.3 is 15.5 Å². The van der Waals surface area contributed by atoms with Crippen LogP contribution in [0.3, 0.4) is 0 Å². The molecule has 19 heavy (non-hydrogen) atoms. The molecule has 3 aromatic rings. The highest BCUT2D eigenvalue weighted by molar-refractivity contribution is 7.99. The lowest BCUT2D eigenvalue weighted by Gasteiger charge is -2.02. The number of amides is 1. The Hall–Kier alpha value is -2.06. The SMILES string of the molecule is NC(=O)Oc1[nH]c2ncsc2c1Sc1ccccn1. The van der Waals surface area contributed by atoms with E-state index in [4.69, 9.17) is 10.5 Å². The Labute approximate surface area is 116 Å². The quantitative estimate of drug-likeness (QED) is 0.774. The maximum absolute atomic E-state index is 10.9. The molecule has 3 aromatic heterocycles. The van der Waals surface area contributed by atoms with Gasteiger partial charge in [0.1, 0.15) is 5.03 Å². The minimum Gasteiger partial charge on any atom is -0.392 e. The van der Waals surface area contributed by atoms with Crippen molar-refractivity contribution in [1.82, 2.24) is 15.0 Å². The summed E-state index contributed by atoms with van der Waals surface area (Å²) in [6.45, 7) is 0. The van der Waals surface area contributed by atoms with Crippen LogP contribution in [0.5, 0.6) is 5.88 Å². The molecule has 0 saturated carbocycles. The molecule has 8 heteroatoms. The Morgan fingerprint density at radius 2 is 2.32 bits per heavy atom. The van der Waals surface area contributed by atoms with Crippen LogP contribution in [-0.2, 0) is 0 Å². The van der Waals surface area contributed by atoms with Gasteiger partial charge in [-0.2, -0.15) is 0 Å². The van der Waals surface area contributed by atoms with Gasteiger partial charge in [-0.1, -0.05) is 17.8 Å². The van der Waals surface area contributed by atoms with E-state index in [0.717, 1.165) is 14.6 Å². The molecule has 96 valence electrons. The van der Waals surface area contributed by atoms with Crippen LogP contribution in [0.25, 0.3) is 10.3 Å². The summed E-state index contributed by atoms with van der Waals surface area (Å²) >= 11 is 2.85. The summed E-state index contributed by atoms with van der Waals surface area (Å²) in [6, 6.07) is 5.60. The Kier molecular flexibility index (Phi) is 3.10. The van der Waals surface area contributed by atoms with Crippen molar-refractivity contribution in [2.45, 2.75) is 9.92 Å². The number of aromatic amines is 1. The van der Waals surface area contributed by atoms with Gasteiger partial charge in [-0.25, -0.2) is 14.8 Å². The maximum Gasteiger partial charge on any atom is 0.411 e. The highest BCUT2D eigenvalue weighted by Gasteiger charge is 2.18. The van der Waals surface area contributed by atoms with Gasteiger partial charge in [-0.05, 0) is 12.1 Å². The van der Waals surface area contributed by atoms with Gasteiger partial charge in [0.2, 0.25) is 5.88 Å². The number of nitrogens with one attached hydrogen (secondary N) is 1. The molecule has 6 nitrogen and oxygen atoms in total. The lowest BCUT2D eigenvalue weighted by molar-refractivity contribution is 0.208. The molecule has 0 saturated heterocycles. The zero-order valence-corrected chi connectivity index (χ0v) is 11.1. The second-order valence-electron chi connectivity index (χ2n) is 3.50. The first kappa shape index (κ1) is 12.0. The van der Waals surface area contributed by atoms with Crippen LogP contribution in [0.2, 0.25) is 0 Å². The molecule has 0 aromatic carbocycles. The number of aromatic nitrogens is 3. The minimum absolute atomic E-state index is 0.303. The first-order valence-electron chi connectivity index (χ1n) is 5.25. The highest BCUT2D eigenvalue weighted by atomic mass is 32.2. The van der Waals surface area contributed by atoms with E-state index in [0.29, 0.717) is 11.5 Å². The second-order valence-corrected chi connectivity index (χ2v) is 5.39. The molecular weight excluding hydrogens is 284 g/mol. The van der Waals surface area contributed by atoms with Crippen molar-refractivity contribution >= 4 is 39.5 Å². The average Bonchev–Trinajstić information content (AvgIpc) is 2.94. The van der Waals surface area contributed by atoms with Crippen LogP contribution in [0.15, 0.2) is 39.8 Å². The van der Waals surface area contributed by atoms with E-state index in [2.05, 4.69) is 15.0 Å². The van der Waals surface area contributed by atoms with Crippen molar-refractivity contribution in [2.75, 3.05) is 0 Å². The predicted octanol–water partition coefficient (Wildman–Crippen LogP) is 2.63. The fourth-order valence-corrected chi connectivity index (χ4v) is 3.33. The Morgan fingerprint density at radius 3 is 3.05 bits per heavy atom. The van der Waals surface area contributed by atoms with Crippen molar-refractivity contribution in [3.8, 4) is 5.88 Å². The molecule has 0 aliphatic heterocycles. The van der Waals surface area contributed by atoms with Crippen LogP contribution in [-0.4, -0.2) is 21.0 Å². The maximum atomic E-state index is 10.9. The van der Waals surface area contributed by atoms with Gasteiger partial charge in [-0.3, -0.25) is 0 Å². The molecule has 0 unspecified atom stereocenters. The van der Waals surface area contributed by atoms with Gasteiger partial charge in [0.15, 0.2) is 5.65 Å². The van der Waals surface area contributed by atoms with Gasteiger partial charge in [-0.15, -0.1) is 11.3 Å². The smallest absolute Gasteiger partial charge is 0.392 e. The number of hydrogen-bond donors (Lipinski definition) is 2. The number of hydrogen-bond acceptors (Lipinski definition) is 6. The van der Waals surface area contributed by atoms with Gasteiger partial charge >= 0.3 is 6.09 Å². The van der Waals surface area contributed by atoms with Crippen molar-refractivity contribution in [2.24, 2.45) is 5.73 Å². The summed E-state index contributed by atoms with van der Waals surface area (Å²) < 4.78 is 5.87. The Balaban J connectivity index is 2.04. The number of H-pyrrole nitrogens is 1. The molecular formula is C11H8N4O2S2. The average molecular weight is 292 g/mol. The van der Waals surface area contributed by atoms with Crippen LogP contribution < -0.4 is 10.5 Å². The molecule has 0 atom stereocenters. The standard InChI is InChI=1S/C11H8N4O2S2/c12-11(16)17-10-8(7-9(15-10)14-5-18-7)19-6-3-1-2-4-13-6/h1-5,15H,(H2,12,16). The molecule has 0 radical (unpaired) electrons. The number of primary amides is 1. The van der Waals surface area contributed by atoms with Crippen molar-refractivity contribution in [3.63, 3.8) is 0 Å². The Bertz CT molecular complexity index is 723. The van der Waals surface area contributed by atoms with Gasteiger partial charge in [0.05, 0.1) is 15.1 Å². The second kappa shape index (κ2) is 4.90. The fraction of sp³-hybridized carbons (Fsp3) is 0. The number of rotatable bonds is 3. The molecule has 0 spiro atoms. The summed E-state index contributed by atoms with van der Waals surface area (Å²) in [5.74, 6) is 0.303. The van der Waals surface area contributed by atoms with Crippen molar-refractivity contribution in [3.05, 3.63) is 29.9 Å². The minimum atomic E-state index is -0.864. The molecule has 0 fully saturated rings. The zero-order chi connectivity index (χ0) is 13.2. The number of nitrogens with two attached hydrogens (primary N) is 1. The van der Waals surface area contributed by atoms with Crippen LogP contribution in [0, 0.1) is 0 Å². The molecule has 0 aliphatic carbocycles. The van der Waals surface area contributed by atoms with Crippen LogP contribution in [0.1, 0.15) is 0 Å². The van der Waals surface area contributed by atoms with E-state index in [1.54, 1.807) is 11.7 Å². The summed E-state index contributed by atoms with van der Waals surface area (Å²) in [5, 5.41) is 0.797. The lowest BCUT2D eigenvalue weighted by atomic mass is 10.5. The van der Waals surface area contributed by atoms with Crippen molar-refractivity contribution in [1.29, 1.82) is 0 Å². The van der Waals surface area contributed by atoms with E-state index in [1.165, 1.54) is 23.1 Å². The third-order valence-electron chi connectivity index (χ3n) is 2.26. The summed E-state index contributed by atoms with van der Waals surface area (Å²) in [6.07, 6.45) is 0.838. The fourth-order valence-electron chi connectivity index (χ4n) is 1.54. The first-order chi connectivity index (χ1) is 9.24. The zero-order valence-electron chi connectivity index (χ0n) is 9.49. The first-order valence-corrected chi connectivity index (χ1v) is 6.95. The van der Waals surface area contributed by atoms with E-state index in [-0.39, 0.29) is 0 Å². The van der Waals surface area contributed by atoms with Crippen LogP contribution >= 0.6 is 23.1 Å². The lowest BCUT2D eigenvalue weighted by Crippen LogP contribution is -2.16. The third kappa shape index (κ3) is 2.40. The van der Waals surface area contributed by atoms with E-state index < -0.39 is 6.09 Å². The Morgan fingerprint density at radius 1 is 1.42 bits per heavy atom. The number of thiazole rings is 1. The number of carbonyl (C=O) groups excluding carboxylic acids is 1. The summed E-state index contributed by atoms with van der Waals surface area (Å²) in [5.41, 5.74) is 7.44. The van der Waals surface area contributed by atoms with E-state index >= 15 is 0 Å². The molecule has 3 heterocycles. The highest BCUT2D eigenvalue weighted by Crippen LogP contribution is 2.41. The number of pyridine rings is 1. The van der Waals surface area contributed by atoms with Crippen LogP contribution in [0.4, 0.5) is 4.79 Å². The summed E-state index contributed by atoms with van der Waals surface area (Å²) in [4.78, 5) is 23.0. The number of fused-ring (bicyclic) bond motifs is 1. The molecule has 0 bridgehead atoms. The monoisotopic (exact) mass is 292 g/mol. The topological polar surface area (TPSA) is 93.9 Å². The normalized spacial score (nSPS) is 10.7. The molecule has 0 aliphatic rings. The van der Waals surface area contributed by atoms with Gasteiger partial charge in [0.25, 0.3) is 0 Å².